The summed E-state index contributed by atoms with van der Waals surface area (Å²) in [5.74, 6) is 0.267. The summed E-state index contributed by atoms with van der Waals surface area (Å²) in [5.41, 5.74) is 0.726. The van der Waals surface area contributed by atoms with Gasteiger partial charge in [0.15, 0.2) is 0 Å². The number of phenols is 2. The van der Waals surface area contributed by atoms with Crippen molar-refractivity contribution < 1.29 is 19.7 Å². The molecule has 0 saturated carbocycles. The zero-order valence-corrected chi connectivity index (χ0v) is 14.7. The number of amides is 1. The standard InChI is InChI=1S/C20H18ClNO4/c21-14-1-4-18-13(11-14)5-6-20(26-18)7-9-22(10-8-20)19(25)16-3-2-15(23)12-17(16)24/h1-6,11-12,23-24H,7-10H2. The predicted molar refractivity (Wildman–Crippen MR) is 98.8 cm³/mol. The van der Waals surface area contributed by atoms with Crippen molar-refractivity contribution in [2.75, 3.05) is 13.1 Å². The third-order valence-corrected chi connectivity index (χ3v) is 5.20. The highest BCUT2D eigenvalue weighted by Crippen LogP contribution is 2.38. The Kier molecular flexibility index (Phi) is 4.04. The number of aromatic hydroxyl groups is 2. The Bertz CT molecular complexity index is 901. The first kappa shape index (κ1) is 16.8. The molecule has 2 aromatic carbocycles. The molecule has 0 unspecified atom stereocenters. The zero-order valence-electron chi connectivity index (χ0n) is 14.0. The number of hydrogen-bond donors (Lipinski definition) is 2. The van der Waals surface area contributed by atoms with Gasteiger partial charge in [-0.1, -0.05) is 17.7 Å². The van der Waals surface area contributed by atoms with Crippen molar-refractivity contribution >= 4 is 23.6 Å². The lowest BCUT2D eigenvalue weighted by atomic mass is 9.88. The zero-order chi connectivity index (χ0) is 18.3. The molecule has 0 bridgehead atoms. The van der Waals surface area contributed by atoms with Gasteiger partial charge in [0.2, 0.25) is 0 Å². The Morgan fingerprint density at radius 3 is 2.62 bits per heavy atom. The van der Waals surface area contributed by atoms with Crippen LogP contribution in [0.4, 0.5) is 0 Å². The van der Waals surface area contributed by atoms with Crippen LogP contribution in [0.2, 0.25) is 5.02 Å². The summed E-state index contributed by atoms with van der Waals surface area (Å²) in [6.45, 7) is 1.04. The summed E-state index contributed by atoms with van der Waals surface area (Å²) in [5, 5.41) is 20.0. The predicted octanol–water partition coefficient (Wildman–Crippen LogP) is 3.83. The number of fused-ring (bicyclic) bond motifs is 1. The largest absolute Gasteiger partial charge is 0.508 e. The average Bonchev–Trinajstić information content (AvgIpc) is 2.62. The number of hydrogen-bond acceptors (Lipinski definition) is 4. The fraction of sp³-hybridized carbons (Fsp3) is 0.250. The number of nitrogens with zero attached hydrogens (tertiary/aromatic N) is 1. The molecule has 4 rings (SSSR count). The van der Waals surface area contributed by atoms with E-state index in [0.29, 0.717) is 31.0 Å². The Balaban J connectivity index is 1.48. The molecule has 6 heteroatoms. The van der Waals surface area contributed by atoms with Gasteiger partial charge < -0.3 is 19.8 Å². The molecule has 134 valence electrons. The number of benzene rings is 2. The Morgan fingerprint density at radius 2 is 1.88 bits per heavy atom. The first-order valence-corrected chi connectivity index (χ1v) is 8.83. The average molecular weight is 372 g/mol. The molecule has 0 radical (unpaired) electrons. The molecule has 0 aromatic heterocycles. The van der Waals surface area contributed by atoms with Crippen molar-refractivity contribution in [3.8, 4) is 17.2 Å². The van der Waals surface area contributed by atoms with Gasteiger partial charge in [0, 0.05) is 42.6 Å². The van der Waals surface area contributed by atoms with Crippen molar-refractivity contribution in [2.45, 2.75) is 18.4 Å². The van der Waals surface area contributed by atoms with Gasteiger partial charge in [-0.25, -0.2) is 0 Å². The van der Waals surface area contributed by atoms with Crippen LogP contribution in [0.3, 0.4) is 0 Å². The van der Waals surface area contributed by atoms with Crippen LogP contribution in [0.1, 0.15) is 28.8 Å². The maximum absolute atomic E-state index is 12.6. The third-order valence-electron chi connectivity index (χ3n) is 4.96. The van der Waals surface area contributed by atoms with E-state index >= 15 is 0 Å². The number of likely N-dealkylation sites (tertiary alicyclic amines) is 1. The second kappa shape index (κ2) is 6.25. The molecule has 0 aliphatic carbocycles. The molecule has 1 fully saturated rings. The molecule has 0 atom stereocenters. The van der Waals surface area contributed by atoms with Crippen LogP contribution in [0.5, 0.6) is 17.2 Å². The van der Waals surface area contributed by atoms with E-state index in [1.54, 1.807) is 11.0 Å². The van der Waals surface area contributed by atoms with Crippen LogP contribution in [-0.4, -0.2) is 39.7 Å². The molecule has 2 N–H and O–H groups in total. The van der Waals surface area contributed by atoms with Gasteiger partial charge in [-0.3, -0.25) is 4.79 Å². The monoisotopic (exact) mass is 371 g/mol. The van der Waals surface area contributed by atoms with Crippen LogP contribution in [0.15, 0.2) is 42.5 Å². The van der Waals surface area contributed by atoms with Gasteiger partial charge in [0.1, 0.15) is 22.8 Å². The maximum Gasteiger partial charge on any atom is 0.257 e. The molecule has 1 saturated heterocycles. The number of ether oxygens (including phenoxy) is 1. The lowest BCUT2D eigenvalue weighted by Gasteiger charge is -2.42. The highest BCUT2D eigenvalue weighted by Gasteiger charge is 2.38. The van der Waals surface area contributed by atoms with Crippen molar-refractivity contribution in [1.29, 1.82) is 0 Å². The molecule has 2 aliphatic rings. The lowest BCUT2D eigenvalue weighted by Crippen LogP contribution is -2.49. The number of piperidine rings is 1. The maximum atomic E-state index is 12.6. The van der Waals surface area contributed by atoms with Crippen molar-refractivity contribution in [3.63, 3.8) is 0 Å². The smallest absolute Gasteiger partial charge is 0.257 e. The summed E-state index contributed by atoms with van der Waals surface area (Å²) in [7, 11) is 0. The van der Waals surface area contributed by atoms with Gasteiger partial charge >= 0.3 is 0 Å². The topological polar surface area (TPSA) is 70.0 Å². The first-order valence-electron chi connectivity index (χ1n) is 8.45. The fourth-order valence-corrected chi connectivity index (χ4v) is 3.65. The minimum absolute atomic E-state index is 0.0730. The van der Waals surface area contributed by atoms with E-state index in [-0.39, 0.29) is 23.0 Å². The third kappa shape index (κ3) is 2.99. The molecular weight excluding hydrogens is 354 g/mol. The normalized spacial score (nSPS) is 17.7. The van der Waals surface area contributed by atoms with Gasteiger partial charge in [-0.15, -0.1) is 0 Å². The van der Waals surface area contributed by atoms with Gasteiger partial charge in [-0.05, 0) is 36.4 Å². The second-order valence-corrected chi connectivity index (χ2v) is 7.11. The molecule has 2 heterocycles. The summed E-state index contributed by atoms with van der Waals surface area (Å²) in [6.07, 6.45) is 5.39. The lowest BCUT2D eigenvalue weighted by molar-refractivity contribution is 0.0328. The van der Waals surface area contributed by atoms with Crippen molar-refractivity contribution in [3.05, 3.63) is 58.6 Å². The summed E-state index contributed by atoms with van der Waals surface area (Å²) >= 11 is 6.02. The molecule has 5 nitrogen and oxygen atoms in total. The molecule has 2 aromatic rings. The minimum atomic E-state index is -0.422. The molecular formula is C20H18ClNO4. The first-order chi connectivity index (χ1) is 12.5. The number of phenolic OH excluding ortho intramolecular Hbond substituents is 2. The van der Waals surface area contributed by atoms with E-state index in [1.165, 1.54) is 18.2 Å². The van der Waals surface area contributed by atoms with Crippen LogP contribution >= 0.6 is 11.6 Å². The second-order valence-electron chi connectivity index (χ2n) is 6.68. The summed E-state index contributed by atoms with van der Waals surface area (Å²) in [6, 6.07) is 9.55. The number of carbonyl (C=O) groups excluding carboxylic acids is 1. The summed E-state index contributed by atoms with van der Waals surface area (Å²) < 4.78 is 6.22. The van der Waals surface area contributed by atoms with Crippen molar-refractivity contribution in [1.82, 2.24) is 4.90 Å². The van der Waals surface area contributed by atoms with E-state index in [2.05, 4.69) is 0 Å². The molecule has 1 amide bonds. The molecule has 2 aliphatic heterocycles. The minimum Gasteiger partial charge on any atom is -0.508 e. The van der Waals surface area contributed by atoms with Crippen LogP contribution in [-0.2, 0) is 0 Å². The van der Waals surface area contributed by atoms with E-state index in [0.717, 1.165) is 11.3 Å². The van der Waals surface area contributed by atoms with E-state index in [4.69, 9.17) is 16.3 Å². The van der Waals surface area contributed by atoms with E-state index in [9.17, 15) is 15.0 Å². The van der Waals surface area contributed by atoms with Crippen molar-refractivity contribution in [2.24, 2.45) is 0 Å². The van der Waals surface area contributed by atoms with Gasteiger partial charge in [-0.2, -0.15) is 0 Å². The van der Waals surface area contributed by atoms with E-state index < -0.39 is 5.60 Å². The number of rotatable bonds is 1. The van der Waals surface area contributed by atoms with E-state index in [1.807, 2.05) is 24.3 Å². The van der Waals surface area contributed by atoms with Gasteiger partial charge in [0.25, 0.3) is 5.91 Å². The van der Waals surface area contributed by atoms with Gasteiger partial charge in [0.05, 0.1) is 5.56 Å². The summed E-state index contributed by atoms with van der Waals surface area (Å²) in [4.78, 5) is 14.4. The highest BCUT2D eigenvalue weighted by molar-refractivity contribution is 6.30. The SMILES string of the molecule is O=C(c1ccc(O)cc1O)N1CCC2(C=Cc3cc(Cl)ccc3O2)CC1. The molecule has 26 heavy (non-hydrogen) atoms. The highest BCUT2D eigenvalue weighted by atomic mass is 35.5. The number of carbonyl (C=O) groups is 1. The quantitative estimate of drug-likeness (QED) is 0.799. The van der Waals surface area contributed by atoms with Crippen LogP contribution in [0.25, 0.3) is 6.08 Å². The van der Waals surface area contributed by atoms with Crippen LogP contribution < -0.4 is 4.74 Å². The number of halogens is 1. The Labute approximate surface area is 156 Å². The Morgan fingerprint density at radius 1 is 1.12 bits per heavy atom. The fourth-order valence-electron chi connectivity index (χ4n) is 3.47. The molecule has 1 spiro atoms. The van der Waals surface area contributed by atoms with Crippen LogP contribution in [0, 0.1) is 0 Å². The Hall–Kier alpha value is -2.66.